The topological polar surface area (TPSA) is 64.1 Å². The first-order valence-electron chi connectivity index (χ1n) is 9.42. The van der Waals surface area contributed by atoms with Gasteiger partial charge in [0, 0.05) is 24.0 Å². The van der Waals surface area contributed by atoms with Crippen molar-refractivity contribution in [3.63, 3.8) is 0 Å². The van der Waals surface area contributed by atoms with E-state index in [2.05, 4.69) is 40.7 Å². The third kappa shape index (κ3) is 5.89. The zero-order valence-electron chi connectivity index (χ0n) is 16.4. The summed E-state index contributed by atoms with van der Waals surface area (Å²) < 4.78 is 10.2. The number of nitrogens with zero attached hydrogens (tertiary/aromatic N) is 2. The number of carbonyl (C=O) groups is 1. The highest BCUT2D eigenvalue weighted by Gasteiger charge is 2.12. The zero-order chi connectivity index (χ0) is 19.9. The number of ether oxygens (including phenoxy) is 1. The summed E-state index contributed by atoms with van der Waals surface area (Å²) in [6.45, 7) is 6.21. The van der Waals surface area contributed by atoms with E-state index in [1.165, 1.54) is 17.1 Å². The van der Waals surface area contributed by atoms with Crippen LogP contribution in [0, 0.1) is 5.92 Å². The molecule has 146 valence electrons. The highest BCUT2D eigenvalue weighted by atomic mass is 32.1. The summed E-state index contributed by atoms with van der Waals surface area (Å²) in [6, 6.07) is 17.8. The van der Waals surface area contributed by atoms with Crippen LogP contribution < -0.4 is 10.1 Å². The van der Waals surface area contributed by atoms with Gasteiger partial charge in [0.15, 0.2) is 5.82 Å². The van der Waals surface area contributed by atoms with Gasteiger partial charge in [-0.05, 0) is 36.1 Å². The second-order valence-electron chi connectivity index (χ2n) is 7.16. The Bertz CT molecular complexity index is 892. The van der Waals surface area contributed by atoms with Gasteiger partial charge >= 0.3 is 0 Å². The Labute approximate surface area is 170 Å². The van der Waals surface area contributed by atoms with E-state index in [0.29, 0.717) is 29.7 Å². The van der Waals surface area contributed by atoms with Gasteiger partial charge in [0.05, 0.1) is 6.42 Å². The van der Waals surface area contributed by atoms with Crippen molar-refractivity contribution in [3.05, 3.63) is 71.5 Å². The molecule has 28 heavy (non-hydrogen) atoms. The molecule has 1 atom stereocenters. The van der Waals surface area contributed by atoms with Gasteiger partial charge in [-0.3, -0.25) is 4.79 Å². The summed E-state index contributed by atoms with van der Waals surface area (Å²) in [5.41, 5.74) is 2.11. The van der Waals surface area contributed by atoms with Crippen LogP contribution in [-0.4, -0.2) is 21.3 Å². The summed E-state index contributed by atoms with van der Waals surface area (Å²) in [4.78, 5) is 16.5. The van der Waals surface area contributed by atoms with Gasteiger partial charge in [0.25, 0.3) is 5.19 Å². The van der Waals surface area contributed by atoms with Gasteiger partial charge in [0.2, 0.25) is 5.91 Å². The fourth-order valence-corrected chi connectivity index (χ4v) is 3.13. The first-order chi connectivity index (χ1) is 13.5. The molecule has 0 saturated carbocycles. The average Bonchev–Trinajstić information content (AvgIpc) is 3.10. The second-order valence-corrected chi connectivity index (χ2v) is 7.88. The van der Waals surface area contributed by atoms with Crippen LogP contribution in [-0.2, 0) is 17.6 Å². The number of amides is 1. The van der Waals surface area contributed by atoms with Crippen LogP contribution in [0.5, 0.6) is 10.9 Å². The summed E-state index contributed by atoms with van der Waals surface area (Å²) >= 11 is 1.24. The Morgan fingerprint density at radius 2 is 1.75 bits per heavy atom. The van der Waals surface area contributed by atoms with Crippen molar-refractivity contribution in [1.82, 2.24) is 14.7 Å². The predicted molar refractivity (Wildman–Crippen MR) is 112 cm³/mol. The number of nitrogens with one attached hydrogen (secondary N) is 1. The Morgan fingerprint density at radius 3 is 2.43 bits per heavy atom. The van der Waals surface area contributed by atoms with E-state index >= 15 is 0 Å². The molecule has 3 aromatic rings. The maximum Gasteiger partial charge on any atom is 0.298 e. The molecule has 0 saturated heterocycles. The molecule has 1 N–H and O–H groups in total. The normalized spacial score (nSPS) is 12.0. The Hall–Kier alpha value is -2.73. The molecule has 6 heteroatoms. The minimum Gasteiger partial charge on any atom is -0.430 e. The van der Waals surface area contributed by atoms with E-state index in [-0.39, 0.29) is 11.9 Å². The average molecular weight is 396 g/mol. The number of aromatic nitrogens is 2. The molecule has 1 aromatic heterocycles. The number of hydrogen-bond donors (Lipinski definition) is 1. The van der Waals surface area contributed by atoms with E-state index in [9.17, 15) is 4.79 Å². The molecule has 3 rings (SSSR count). The molecule has 0 aliphatic carbocycles. The van der Waals surface area contributed by atoms with E-state index in [1.807, 2.05) is 49.4 Å². The van der Waals surface area contributed by atoms with Crippen LogP contribution in [0.3, 0.4) is 0 Å². The molecular formula is C22H25N3O2S. The smallest absolute Gasteiger partial charge is 0.298 e. The Balaban J connectivity index is 1.54. The quantitative estimate of drug-likeness (QED) is 0.604. The zero-order valence-corrected chi connectivity index (χ0v) is 17.2. The van der Waals surface area contributed by atoms with Crippen molar-refractivity contribution in [2.24, 2.45) is 5.92 Å². The molecule has 0 spiro atoms. The summed E-state index contributed by atoms with van der Waals surface area (Å²) in [5.74, 6) is 1.88. The summed E-state index contributed by atoms with van der Waals surface area (Å²) in [6.07, 6.45) is 1.04. The van der Waals surface area contributed by atoms with E-state index < -0.39 is 0 Å². The Morgan fingerprint density at radius 1 is 1.04 bits per heavy atom. The molecule has 0 radical (unpaired) electrons. The molecule has 0 aliphatic rings. The number of rotatable bonds is 8. The van der Waals surface area contributed by atoms with Crippen LogP contribution in [0.1, 0.15) is 37.7 Å². The van der Waals surface area contributed by atoms with Crippen molar-refractivity contribution in [1.29, 1.82) is 0 Å². The molecular weight excluding hydrogens is 370 g/mol. The minimum absolute atomic E-state index is 0.0320. The molecule has 1 heterocycles. The lowest BCUT2D eigenvalue weighted by atomic mass is 10.1. The van der Waals surface area contributed by atoms with Crippen molar-refractivity contribution in [2.75, 3.05) is 0 Å². The number of benzene rings is 2. The SMILES string of the molecule is CC(C)C(C)NC(=O)Cc1ccc(Oc2nc(Cc3ccccc3)ns2)cc1. The van der Waals surface area contributed by atoms with Crippen molar-refractivity contribution in [3.8, 4) is 10.9 Å². The van der Waals surface area contributed by atoms with Gasteiger partial charge in [-0.2, -0.15) is 9.36 Å². The van der Waals surface area contributed by atoms with Crippen molar-refractivity contribution >= 4 is 17.4 Å². The maximum absolute atomic E-state index is 12.1. The summed E-state index contributed by atoms with van der Waals surface area (Å²) in [5, 5.41) is 3.53. The highest BCUT2D eigenvalue weighted by molar-refractivity contribution is 7.07. The molecule has 0 aliphatic heterocycles. The van der Waals surface area contributed by atoms with Gasteiger partial charge < -0.3 is 10.1 Å². The van der Waals surface area contributed by atoms with Gasteiger partial charge in [-0.1, -0.05) is 56.3 Å². The lowest BCUT2D eigenvalue weighted by molar-refractivity contribution is -0.121. The van der Waals surface area contributed by atoms with E-state index in [4.69, 9.17) is 4.74 Å². The van der Waals surface area contributed by atoms with Crippen LogP contribution in [0.2, 0.25) is 0 Å². The molecule has 5 nitrogen and oxygen atoms in total. The van der Waals surface area contributed by atoms with Crippen molar-refractivity contribution in [2.45, 2.75) is 39.7 Å². The lowest BCUT2D eigenvalue weighted by Crippen LogP contribution is -2.37. The summed E-state index contributed by atoms with van der Waals surface area (Å²) in [7, 11) is 0. The Kier molecular flexibility index (Phi) is 6.76. The minimum atomic E-state index is 0.0320. The largest absolute Gasteiger partial charge is 0.430 e. The first kappa shape index (κ1) is 20.0. The van der Waals surface area contributed by atoms with E-state index in [1.54, 1.807) is 0 Å². The van der Waals surface area contributed by atoms with Crippen LogP contribution in [0.15, 0.2) is 54.6 Å². The van der Waals surface area contributed by atoms with Gasteiger partial charge in [-0.15, -0.1) is 0 Å². The maximum atomic E-state index is 12.1. The standard InChI is InChI=1S/C22H25N3O2S/c1-15(2)16(3)23-21(26)14-18-9-11-19(12-10-18)27-22-24-20(25-28-22)13-17-7-5-4-6-8-17/h4-12,15-16H,13-14H2,1-3H3,(H,23,26). The first-order valence-corrected chi connectivity index (χ1v) is 10.2. The number of carbonyl (C=O) groups excluding carboxylic acids is 1. The van der Waals surface area contributed by atoms with Gasteiger partial charge in [-0.25, -0.2) is 0 Å². The molecule has 1 unspecified atom stereocenters. The van der Waals surface area contributed by atoms with Crippen molar-refractivity contribution < 1.29 is 9.53 Å². The molecule has 0 bridgehead atoms. The molecule has 1 amide bonds. The molecule has 0 fully saturated rings. The third-order valence-corrected chi connectivity index (χ3v) is 5.17. The number of hydrogen-bond acceptors (Lipinski definition) is 5. The fourth-order valence-electron chi connectivity index (χ4n) is 2.56. The van der Waals surface area contributed by atoms with Gasteiger partial charge in [0.1, 0.15) is 5.75 Å². The fraction of sp³-hybridized carbons (Fsp3) is 0.318. The monoisotopic (exact) mass is 395 g/mol. The lowest BCUT2D eigenvalue weighted by Gasteiger charge is -2.17. The van der Waals surface area contributed by atoms with Crippen LogP contribution in [0.4, 0.5) is 0 Å². The predicted octanol–water partition coefficient (Wildman–Crippen LogP) is 4.62. The van der Waals surface area contributed by atoms with Crippen LogP contribution >= 0.6 is 11.5 Å². The molecule has 2 aromatic carbocycles. The second kappa shape index (κ2) is 9.46. The highest BCUT2D eigenvalue weighted by Crippen LogP contribution is 2.24. The van der Waals surface area contributed by atoms with Crippen LogP contribution in [0.25, 0.3) is 0 Å². The third-order valence-electron chi connectivity index (χ3n) is 4.54. The van der Waals surface area contributed by atoms with E-state index in [0.717, 1.165) is 11.4 Å².